The van der Waals surface area contributed by atoms with Gasteiger partial charge in [-0.25, -0.2) is 0 Å². The van der Waals surface area contributed by atoms with Gasteiger partial charge in [-0.1, -0.05) is 12.1 Å². The summed E-state index contributed by atoms with van der Waals surface area (Å²) in [5.74, 6) is 1.42. The van der Waals surface area contributed by atoms with Crippen LogP contribution in [0.5, 0.6) is 5.75 Å². The lowest BCUT2D eigenvalue weighted by Crippen LogP contribution is -2.20. The fourth-order valence-corrected chi connectivity index (χ4v) is 2.29. The molecular formula is C13H16O2. The SMILES string of the molecule is COc1cccc2c1CC(C(C)=O)CC2. The first kappa shape index (κ1) is 10.2. The lowest BCUT2D eigenvalue weighted by molar-refractivity contribution is -0.121. The molecule has 0 saturated carbocycles. The number of methoxy groups -OCH3 is 1. The van der Waals surface area contributed by atoms with E-state index in [4.69, 9.17) is 4.74 Å². The second kappa shape index (κ2) is 4.05. The van der Waals surface area contributed by atoms with Crippen LogP contribution in [-0.2, 0) is 17.6 Å². The molecule has 0 saturated heterocycles. The average Bonchev–Trinajstić information content (AvgIpc) is 2.27. The summed E-state index contributed by atoms with van der Waals surface area (Å²) in [6.45, 7) is 1.69. The van der Waals surface area contributed by atoms with Gasteiger partial charge in [0.2, 0.25) is 0 Å². The number of carbonyl (C=O) groups excluding carboxylic acids is 1. The van der Waals surface area contributed by atoms with Crippen LogP contribution in [0.25, 0.3) is 0 Å². The second-order valence-electron chi connectivity index (χ2n) is 4.15. The Bertz CT molecular complexity index is 368. The minimum absolute atomic E-state index is 0.189. The topological polar surface area (TPSA) is 26.3 Å². The van der Waals surface area contributed by atoms with E-state index in [2.05, 4.69) is 6.07 Å². The van der Waals surface area contributed by atoms with Crippen molar-refractivity contribution in [1.29, 1.82) is 0 Å². The lowest BCUT2D eigenvalue weighted by atomic mass is 9.81. The second-order valence-corrected chi connectivity index (χ2v) is 4.15. The van der Waals surface area contributed by atoms with E-state index in [1.807, 2.05) is 12.1 Å². The molecule has 1 aliphatic carbocycles. The summed E-state index contributed by atoms with van der Waals surface area (Å²) < 4.78 is 5.33. The number of fused-ring (bicyclic) bond motifs is 1. The van der Waals surface area contributed by atoms with Crippen LogP contribution in [0.3, 0.4) is 0 Å². The van der Waals surface area contributed by atoms with E-state index in [0.29, 0.717) is 5.78 Å². The zero-order chi connectivity index (χ0) is 10.8. The quantitative estimate of drug-likeness (QED) is 0.739. The summed E-state index contributed by atoms with van der Waals surface area (Å²) in [5.41, 5.74) is 2.57. The molecule has 1 aliphatic rings. The summed E-state index contributed by atoms with van der Waals surface area (Å²) in [5, 5.41) is 0. The average molecular weight is 204 g/mol. The number of ketones is 1. The normalized spacial score (nSPS) is 19.5. The van der Waals surface area contributed by atoms with Gasteiger partial charge in [-0.2, -0.15) is 0 Å². The van der Waals surface area contributed by atoms with Gasteiger partial charge in [-0.3, -0.25) is 4.79 Å². The Kier molecular flexibility index (Phi) is 2.76. The molecule has 0 amide bonds. The number of hydrogen-bond donors (Lipinski definition) is 0. The third-order valence-corrected chi connectivity index (χ3v) is 3.24. The molecule has 1 atom stereocenters. The predicted octanol–water partition coefficient (Wildman–Crippen LogP) is 2.39. The predicted molar refractivity (Wildman–Crippen MR) is 59.2 cm³/mol. The highest BCUT2D eigenvalue weighted by atomic mass is 16.5. The molecule has 1 aromatic rings. The van der Waals surface area contributed by atoms with E-state index in [-0.39, 0.29) is 5.92 Å². The van der Waals surface area contributed by atoms with Crippen molar-refractivity contribution in [2.45, 2.75) is 26.2 Å². The first-order valence-corrected chi connectivity index (χ1v) is 5.37. The maximum Gasteiger partial charge on any atom is 0.133 e. The van der Waals surface area contributed by atoms with Crippen LogP contribution in [0.15, 0.2) is 18.2 Å². The Morgan fingerprint density at radius 2 is 2.27 bits per heavy atom. The highest BCUT2D eigenvalue weighted by molar-refractivity contribution is 5.79. The van der Waals surface area contributed by atoms with Gasteiger partial charge in [0.25, 0.3) is 0 Å². The maximum atomic E-state index is 11.4. The van der Waals surface area contributed by atoms with E-state index in [9.17, 15) is 4.79 Å². The molecule has 0 N–H and O–H groups in total. The van der Waals surface area contributed by atoms with Gasteiger partial charge in [0, 0.05) is 5.92 Å². The Morgan fingerprint density at radius 3 is 2.93 bits per heavy atom. The molecule has 0 radical (unpaired) electrons. The molecule has 1 unspecified atom stereocenters. The maximum absolute atomic E-state index is 11.4. The molecule has 0 heterocycles. The van der Waals surface area contributed by atoms with Crippen molar-refractivity contribution in [1.82, 2.24) is 0 Å². The van der Waals surface area contributed by atoms with Crippen molar-refractivity contribution in [3.8, 4) is 5.75 Å². The van der Waals surface area contributed by atoms with Crippen LogP contribution in [-0.4, -0.2) is 12.9 Å². The summed E-state index contributed by atoms with van der Waals surface area (Å²) in [4.78, 5) is 11.4. The first-order chi connectivity index (χ1) is 7.22. The van der Waals surface area contributed by atoms with Crippen LogP contribution in [0.4, 0.5) is 0 Å². The minimum atomic E-state index is 0.189. The Morgan fingerprint density at radius 1 is 1.47 bits per heavy atom. The minimum Gasteiger partial charge on any atom is -0.496 e. The van der Waals surface area contributed by atoms with E-state index < -0.39 is 0 Å². The number of Topliss-reactive ketones (excluding diaryl/α,β-unsaturated/α-hetero) is 1. The first-order valence-electron chi connectivity index (χ1n) is 5.37. The largest absolute Gasteiger partial charge is 0.496 e. The smallest absolute Gasteiger partial charge is 0.133 e. The van der Waals surface area contributed by atoms with Crippen molar-refractivity contribution < 1.29 is 9.53 Å². The summed E-state index contributed by atoms with van der Waals surface area (Å²) in [6.07, 6.45) is 2.82. The molecule has 15 heavy (non-hydrogen) atoms. The van der Waals surface area contributed by atoms with Gasteiger partial charge in [0.15, 0.2) is 0 Å². The number of carbonyl (C=O) groups is 1. The number of benzene rings is 1. The molecule has 0 spiro atoms. The van der Waals surface area contributed by atoms with Crippen molar-refractivity contribution >= 4 is 5.78 Å². The van der Waals surface area contributed by atoms with Crippen LogP contribution < -0.4 is 4.74 Å². The van der Waals surface area contributed by atoms with E-state index >= 15 is 0 Å². The molecule has 0 fully saturated rings. The van der Waals surface area contributed by atoms with Crippen LogP contribution >= 0.6 is 0 Å². The Labute approximate surface area is 90.3 Å². The van der Waals surface area contributed by atoms with Crippen LogP contribution in [0.1, 0.15) is 24.5 Å². The van der Waals surface area contributed by atoms with Gasteiger partial charge in [-0.05, 0) is 43.4 Å². The van der Waals surface area contributed by atoms with Crippen molar-refractivity contribution in [3.05, 3.63) is 29.3 Å². The van der Waals surface area contributed by atoms with Crippen molar-refractivity contribution in [3.63, 3.8) is 0 Å². The fourth-order valence-electron chi connectivity index (χ4n) is 2.29. The Hall–Kier alpha value is -1.31. The third-order valence-electron chi connectivity index (χ3n) is 3.24. The van der Waals surface area contributed by atoms with Crippen LogP contribution in [0, 0.1) is 5.92 Å². The molecule has 2 nitrogen and oxygen atoms in total. The zero-order valence-corrected chi connectivity index (χ0v) is 9.25. The highest BCUT2D eigenvalue weighted by Crippen LogP contribution is 2.32. The zero-order valence-electron chi connectivity index (χ0n) is 9.25. The monoisotopic (exact) mass is 204 g/mol. The summed E-state index contributed by atoms with van der Waals surface area (Å²) >= 11 is 0. The molecule has 80 valence electrons. The standard InChI is InChI=1S/C13H16O2/c1-9(14)11-7-6-10-4-3-5-13(15-2)12(10)8-11/h3-5,11H,6-8H2,1-2H3. The van der Waals surface area contributed by atoms with Gasteiger partial charge >= 0.3 is 0 Å². The molecule has 1 aromatic carbocycles. The number of aryl methyl sites for hydroxylation is 1. The summed E-state index contributed by atoms with van der Waals surface area (Å²) in [6, 6.07) is 6.13. The Balaban J connectivity index is 2.34. The number of ether oxygens (including phenoxy) is 1. The van der Waals surface area contributed by atoms with E-state index in [1.165, 1.54) is 11.1 Å². The molecule has 0 bridgehead atoms. The third kappa shape index (κ3) is 1.89. The highest BCUT2D eigenvalue weighted by Gasteiger charge is 2.23. The molecule has 2 rings (SSSR count). The van der Waals surface area contributed by atoms with Gasteiger partial charge in [0.05, 0.1) is 7.11 Å². The lowest BCUT2D eigenvalue weighted by Gasteiger charge is -2.24. The number of hydrogen-bond acceptors (Lipinski definition) is 2. The van der Waals surface area contributed by atoms with Gasteiger partial charge in [0.1, 0.15) is 11.5 Å². The number of rotatable bonds is 2. The van der Waals surface area contributed by atoms with Crippen molar-refractivity contribution in [2.24, 2.45) is 5.92 Å². The van der Waals surface area contributed by atoms with Crippen LogP contribution in [0.2, 0.25) is 0 Å². The molecule has 2 heteroatoms. The molecule has 0 aromatic heterocycles. The fraction of sp³-hybridized carbons (Fsp3) is 0.462. The van der Waals surface area contributed by atoms with Gasteiger partial charge < -0.3 is 4.74 Å². The molecule has 0 aliphatic heterocycles. The van der Waals surface area contributed by atoms with E-state index in [1.54, 1.807) is 14.0 Å². The van der Waals surface area contributed by atoms with E-state index in [0.717, 1.165) is 25.0 Å². The van der Waals surface area contributed by atoms with Gasteiger partial charge in [-0.15, -0.1) is 0 Å². The summed E-state index contributed by atoms with van der Waals surface area (Å²) in [7, 11) is 1.69. The van der Waals surface area contributed by atoms with Crippen molar-refractivity contribution in [2.75, 3.05) is 7.11 Å². The molecular weight excluding hydrogens is 188 g/mol.